The highest BCUT2D eigenvalue weighted by Crippen LogP contribution is 2.31. The van der Waals surface area contributed by atoms with Gasteiger partial charge in [0.25, 0.3) is 5.91 Å². The number of guanidine groups is 1. The van der Waals surface area contributed by atoms with Crippen LogP contribution in [0.5, 0.6) is 5.75 Å². The zero-order valence-electron chi connectivity index (χ0n) is 17.3. The molecule has 2 heterocycles. The van der Waals surface area contributed by atoms with Crippen LogP contribution in [-0.2, 0) is 4.79 Å². The predicted octanol–water partition coefficient (Wildman–Crippen LogP) is 3.49. The van der Waals surface area contributed by atoms with Crippen LogP contribution in [0, 0.1) is 0 Å². The van der Waals surface area contributed by atoms with Gasteiger partial charge in [-0.3, -0.25) is 9.79 Å². The zero-order chi connectivity index (χ0) is 20.1. The number of nitrogens with one attached hydrogen (secondary N) is 1. The van der Waals surface area contributed by atoms with Crippen molar-refractivity contribution in [2.75, 3.05) is 44.7 Å². The number of rotatable bonds is 5. The maximum Gasteiger partial charge on any atom is 0.265 e. The number of benzene rings is 2. The highest BCUT2D eigenvalue weighted by atomic mass is 127. The van der Waals surface area contributed by atoms with Crippen LogP contribution < -0.4 is 15.0 Å². The summed E-state index contributed by atoms with van der Waals surface area (Å²) in [6.07, 6.45) is 1.98. The van der Waals surface area contributed by atoms with E-state index in [1.807, 2.05) is 36.2 Å². The Morgan fingerprint density at radius 2 is 1.93 bits per heavy atom. The van der Waals surface area contributed by atoms with E-state index in [1.165, 1.54) is 5.56 Å². The number of carbonyl (C=O) groups excluding carboxylic acids is 1. The lowest BCUT2D eigenvalue weighted by atomic mass is 9.99. The lowest BCUT2D eigenvalue weighted by Gasteiger charge is -2.29. The Labute approximate surface area is 195 Å². The van der Waals surface area contributed by atoms with Gasteiger partial charge in [-0.1, -0.05) is 42.5 Å². The molecular formula is C23H29IN4O2. The van der Waals surface area contributed by atoms with Gasteiger partial charge in [-0.05, 0) is 30.5 Å². The van der Waals surface area contributed by atoms with Crippen LogP contribution in [0.4, 0.5) is 5.69 Å². The third kappa shape index (κ3) is 5.06. The Hall–Kier alpha value is -2.29. The molecule has 1 unspecified atom stereocenters. The highest BCUT2D eigenvalue weighted by Gasteiger charge is 2.26. The van der Waals surface area contributed by atoms with E-state index < -0.39 is 0 Å². The summed E-state index contributed by atoms with van der Waals surface area (Å²) in [6.45, 7) is 3.54. The number of para-hydroxylation sites is 2. The number of anilines is 1. The van der Waals surface area contributed by atoms with E-state index in [4.69, 9.17) is 4.74 Å². The Balaban J connectivity index is 0.00000256. The molecular weight excluding hydrogens is 491 g/mol. The summed E-state index contributed by atoms with van der Waals surface area (Å²) in [4.78, 5) is 20.9. The van der Waals surface area contributed by atoms with Crippen molar-refractivity contribution in [3.05, 3.63) is 60.2 Å². The SMILES string of the molecule is CN=C(NCCCN1C(=O)COc2ccccc21)N1CCC(c2ccccc2)C1.I. The Morgan fingerprint density at radius 1 is 1.17 bits per heavy atom. The van der Waals surface area contributed by atoms with Crippen molar-refractivity contribution in [3.8, 4) is 5.75 Å². The van der Waals surface area contributed by atoms with Crippen molar-refractivity contribution in [2.24, 2.45) is 4.99 Å². The molecule has 4 rings (SSSR count). The molecule has 1 N–H and O–H groups in total. The first-order chi connectivity index (χ1) is 14.3. The molecule has 0 aliphatic carbocycles. The number of nitrogens with zero attached hydrogens (tertiary/aromatic N) is 3. The minimum absolute atomic E-state index is 0. The van der Waals surface area contributed by atoms with Crippen LogP contribution in [0.3, 0.4) is 0 Å². The number of likely N-dealkylation sites (tertiary alicyclic amines) is 1. The highest BCUT2D eigenvalue weighted by molar-refractivity contribution is 14.0. The molecule has 0 aromatic heterocycles. The van der Waals surface area contributed by atoms with E-state index in [1.54, 1.807) is 0 Å². The van der Waals surface area contributed by atoms with E-state index in [0.29, 0.717) is 12.5 Å². The van der Waals surface area contributed by atoms with E-state index in [2.05, 4.69) is 45.5 Å². The molecule has 2 aromatic carbocycles. The van der Waals surface area contributed by atoms with Crippen LogP contribution >= 0.6 is 24.0 Å². The van der Waals surface area contributed by atoms with Gasteiger partial charge in [0, 0.05) is 39.1 Å². The first-order valence-electron chi connectivity index (χ1n) is 10.3. The summed E-state index contributed by atoms with van der Waals surface area (Å²) < 4.78 is 5.51. The fourth-order valence-electron chi connectivity index (χ4n) is 4.12. The maximum absolute atomic E-state index is 12.3. The first-order valence-corrected chi connectivity index (χ1v) is 10.3. The molecule has 30 heavy (non-hydrogen) atoms. The summed E-state index contributed by atoms with van der Waals surface area (Å²) in [5.41, 5.74) is 2.26. The first kappa shape index (κ1) is 22.4. The Morgan fingerprint density at radius 3 is 2.73 bits per heavy atom. The number of fused-ring (bicyclic) bond motifs is 1. The van der Waals surface area contributed by atoms with Gasteiger partial charge < -0.3 is 19.9 Å². The molecule has 7 heteroatoms. The molecule has 0 saturated carbocycles. The molecule has 1 atom stereocenters. The van der Waals surface area contributed by atoms with Crippen molar-refractivity contribution in [2.45, 2.75) is 18.8 Å². The summed E-state index contributed by atoms with van der Waals surface area (Å²) in [5, 5.41) is 3.47. The molecule has 1 amide bonds. The third-order valence-corrected chi connectivity index (χ3v) is 5.62. The molecule has 2 aliphatic rings. The number of hydrogen-bond acceptors (Lipinski definition) is 3. The van der Waals surface area contributed by atoms with Crippen LogP contribution in [0.25, 0.3) is 0 Å². The van der Waals surface area contributed by atoms with Crippen molar-refractivity contribution < 1.29 is 9.53 Å². The average Bonchev–Trinajstić information content (AvgIpc) is 3.26. The Bertz CT molecular complexity index is 875. The smallest absolute Gasteiger partial charge is 0.265 e. The normalized spacial score (nSPS) is 18.5. The summed E-state index contributed by atoms with van der Waals surface area (Å²) in [5.74, 6) is 2.28. The number of hydrogen-bond donors (Lipinski definition) is 1. The van der Waals surface area contributed by atoms with Gasteiger partial charge in [0.15, 0.2) is 12.6 Å². The van der Waals surface area contributed by atoms with Gasteiger partial charge in [0.1, 0.15) is 5.75 Å². The molecule has 2 aromatic rings. The summed E-state index contributed by atoms with van der Waals surface area (Å²) in [7, 11) is 1.83. The fourth-order valence-corrected chi connectivity index (χ4v) is 4.12. The van der Waals surface area contributed by atoms with Gasteiger partial charge in [-0.15, -0.1) is 24.0 Å². The van der Waals surface area contributed by atoms with Crippen molar-refractivity contribution >= 4 is 41.5 Å². The number of carbonyl (C=O) groups is 1. The van der Waals surface area contributed by atoms with Gasteiger partial charge in [0.05, 0.1) is 5.69 Å². The molecule has 1 saturated heterocycles. The van der Waals surface area contributed by atoms with Crippen LogP contribution in [0.2, 0.25) is 0 Å². The quantitative estimate of drug-likeness (QED) is 0.284. The van der Waals surface area contributed by atoms with Crippen LogP contribution in [0.15, 0.2) is 59.6 Å². The molecule has 0 bridgehead atoms. The van der Waals surface area contributed by atoms with Crippen LogP contribution in [0.1, 0.15) is 24.3 Å². The number of aliphatic imine (C=N–C) groups is 1. The topological polar surface area (TPSA) is 57.2 Å². The summed E-state index contributed by atoms with van der Waals surface area (Å²) in [6, 6.07) is 18.4. The standard InChI is InChI=1S/C23H28N4O2.HI/c1-24-23(26-15-12-19(16-26)18-8-3-2-4-9-18)25-13-7-14-27-20-10-5-6-11-21(20)29-17-22(27)28;/h2-6,8-11,19H,7,12-17H2,1H3,(H,24,25);1H. The average molecular weight is 520 g/mol. The Kier molecular flexibility index (Phi) is 7.95. The van der Waals surface area contributed by atoms with Gasteiger partial charge in [0.2, 0.25) is 0 Å². The third-order valence-electron chi connectivity index (χ3n) is 5.62. The maximum atomic E-state index is 12.3. The molecule has 0 radical (unpaired) electrons. The van der Waals surface area contributed by atoms with Crippen molar-refractivity contribution in [3.63, 3.8) is 0 Å². The van der Waals surface area contributed by atoms with E-state index in [0.717, 1.165) is 49.9 Å². The predicted molar refractivity (Wildman–Crippen MR) is 131 cm³/mol. The second kappa shape index (κ2) is 10.7. The lowest BCUT2D eigenvalue weighted by Crippen LogP contribution is -2.43. The second-order valence-electron chi connectivity index (χ2n) is 7.47. The van der Waals surface area contributed by atoms with Gasteiger partial charge in [-0.2, -0.15) is 0 Å². The van der Waals surface area contributed by atoms with Crippen molar-refractivity contribution in [1.82, 2.24) is 10.2 Å². The minimum atomic E-state index is 0. The molecule has 160 valence electrons. The zero-order valence-corrected chi connectivity index (χ0v) is 19.6. The lowest BCUT2D eigenvalue weighted by molar-refractivity contribution is -0.121. The van der Waals surface area contributed by atoms with Gasteiger partial charge >= 0.3 is 0 Å². The number of amides is 1. The largest absolute Gasteiger partial charge is 0.482 e. The fraction of sp³-hybridized carbons (Fsp3) is 0.391. The molecule has 6 nitrogen and oxygen atoms in total. The van der Waals surface area contributed by atoms with Crippen molar-refractivity contribution in [1.29, 1.82) is 0 Å². The van der Waals surface area contributed by atoms with E-state index in [-0.39, 0.29) is 36.5 Å². The van der Waals surface area contributed by atoms with E-state index >= 15 is 0 Å². The van der Waals surface area contributed by atoms with Crippen LogP contribution in [-0.4, -0.2) is 56.6 Å². The molecule has 1 fully saturated rings. The molecule has 0 spiro atoms. The number of ether oxygens (including phenoxy) is 1. The van der Waals surface area contributed by atoms with Gasteiger partial charge in [-0.25, -0.2) is 0 Å². The minimum Gasteiger partial charge on any atom is -0.482 e. The second-order valence-corrected chi connectivity index (χ2v) is 7.47. The van der Waals surface area contributed by atoms with E-state index in [9.17, 15) is 4.79 Å². The monoisotopic (exact) mass is 520 g/mol. The summed E-state index contributed by atoms with van der Waals surface area (Å²) >= 11 is 0. The number of halogens is 1. The molecule has 2 aliphatic heterocycles.